The molecule has 3 aromatic rings. The lowest BCUT2D eigenvalue weighted by Crippen LogP contribution is -2.36. The topological polar surface area (TPSA) is 75.2 Å². The molecule has 1 N–H and O–H groups in total. The Bertz CT molecular complexity index is 1090. The fourth-order valence-electron chi connectivity index (χ4n) is 3.88. The van der Waals surface area contributed by atoms with Gasteiger partial charge in [0.1, 0.15) is 0 Å². The van der Waals surface area contributed by atoms with Crippen LogP contribution in [-0.2, 0) is 10.0 Å². The van der Waals surface area contributed by atoms with Gasteiger partial charge in [-0.25, -0.2) is 23.1 Å². The van der Waals surface area contributed by atoms with Crippen LogP contribution in [0.2, 0.25) is 0 Å². The van der Waals surface area contributed by atoms with Gasteiger partial charge in [0.15, 0.2) is 0 Å². The molecule has 29 heavy (non-hydrogen) atoms. The second-order valence-corrected chi connectivity index (χ2v) is 9.52. The predicted octanol–water partition coefficient (Wildman–Crippen LogP) is 3.45. The molecule has 6 nitrogen and oxygen atoms in total. The molecular formula is C22H26N4O2S. The minimum absolute atomic E-state index is 0.511. The molecule has 1 aliphatic rings. The van der Waals surface area contributed by atoms with E-state index in [1.165, 1.54) is 17.0 Å². The second kappa shape index (κ2) is 8.47. The first-order valence-electron chi connectivity index (χ1n) is 10.00. The number of sulfonamides is 1. The third-order valence-corrected chi connectivity index (χ3v) is 6.23. The first kappa shape index (κ1) is 19.8. The Morgan fingerprint density at radius 1 is 1.07 bits per heavy atom. The van der Waals surface area contributed by atoms with Gasteiger partial charge in [0.05, 0.1) is 11.9 Å². The van der Waals surface area contributed by atoms with Gasteiger partial charge in [-0.1, -0.05) is 36.4 Å². The molecule has 0 amide bonds. The maximum absolute atomic E-state index is 11.2. The number of hydrogen-bond donors (Lipinski definition) is 1. The monoisotopic (exact) mass is 410 g/mol. The van der Waals surface area contributed by atoms with Crippen LogP contribution in [0.3, 0.4) is 0 Å². The Balaban J connectivity index is 1.41. The van der Waals surface area contributed by atoms with Crippen LogP contribution >= 0.6 is 0 Å². The van der Waals surface area contributed by atoms with Gasteiger partial charge in [-0.2, -0.15) is 0 Å². The summed E-state index contributed by atoms with van der Waals surface area (Å²) in [4.78, 5) is 11.5. The molecule has 0 atom stereocenters. The number of nitrogens with zero attached hydrogens (tertiary/aromatic N) is 3. The minimum Gasteiger partial charge on any atom is -0.341 e. The Kier molecular flexibility index (Phi) is 5.78. The number of aromatic nitrogens is 2. The molecule has 7 heteroatoms. The normalized spacial score (nSPS) is 15.7. The standard InChI is InChI=1S/C22H26N4O2S/c1-29(27,28)24-13-8-17-10-14-26(15-11-17)22-23-12-9-21(25-22)20-7-6-18-4-2-3-5-19(18)16-20/h2-7,9,12,16-17,24H,8,10-11,13-15H2,1H3. The first-order chi connectivity index (χ1) is 14.0. The van der Waals surface area contributed by atoms with Gasteiger partial charge in [-0.3, -0.25) is 0 Å². The summed E-state index contributed by atoms with van der Waals surface area (Å²) in [6.07, 6.45) is 5.95. The minimum atomic E-state index is -3.10. The molecule has 0 spiro atoms. The van der Waals surface area contributed by atoms with Crippen LogP contribution in [0, 0.1) is 5.92 Å². The van der Waals surface area contributed by atoms with E-state index in [9.17, 15) is 8.42 Å². The highest BCUT2D eigenvalue weighted by molar-refractivity contribution is 7.88. The third-order valence-electron chi connectivity index (χ3n) is 5.50. The van der Waals surface area contributed by atoms with Crippen molar-refractivity contribution in [3.05, 3.63) is 54.7 Å². The van der Waals surface area contributed by atoms with Crippen molar-refractivity contribution in [1.29, 1.82) is 0 Å². The summed E-state index contributed by atoms with van der Waals surface area (Å²) in [7, 11) is -3.10. The fraction of sp³-hybridized carbons (Fsp3) is 0.364. The van der Waals surface area contributed by atoms with Crippen molar-refractivity contribution in [2.45, 2.75) is 19.3 Å². The maximum Gasteiger partial charge on any atom is 0.225 e. The van der Waals surface area contributed by atoms with E-state index in [0.29, 0.717) is 12.5 Å². The number of nitrogens with one attached hydrogen (secondary N) is 1. The molecule has 0 radical (unpaired) electrons. The largest absolute Gasteiger partial charge is 0.341 e. The third kappa shape index (κ3) is 5.10. The smallest absolute Gasteiger partial charge is 0.225 e. The van der Waals surface area contributed by atoms with Crippen molar-refractivity contribution in [3.8, 4) is 11.3 Å². The summed E-state index contributed by atoms with van der Waals surface area (Å²) in [5.74, 6) is 1.30. The van der Waals surface area contributed by atoms with Crippen LogP contribution in [0.4, 0.5) is 5.95 Å². The molecule has 152 valence electrons. The van der Waals surface area contributed by atoms with E-state index in [2.05, 4.69) is 44.9 Å². The number of piperidine rings is 1. The number of benzene rings is 2. The van der Waals surface area contributed by atoms with Crippen molar-refractivity contribution in [2.75, 3.05) is 30.8 Å². The predicted molar refractivity (Wildman–Crippen MR) is 117 cm³/mol. The van der Waals surface area contributed by atoms with Crippen LogP contribution in [-0.4, -0.2) is 44.3 Å². The van der Waals surface area contributed by atoms with E-state index in [1.54, 1.807) is 0 Å². The van der Waals surface area contributed by atoms with E-state index in [4.69, 9.17) is 4.98 Å². The highest BCUT2D eigenvalue weighted by Crippen LogP contribution is 2.26. The van der Waals surface area contributed by atoms with Crippen LogP contribution in [0.1, 0.15) is 19.3 Å². The lowest BCUT2D eigenvalue weighted by molar-refractivity contribution is 0.379. The average Bonchev–Trinajstić information content (AvgIpc) is 2.73. The Labute approximate surface area is 172 Å². The molecule has 1 aliphatic heterocycles. The van der Waals surface area contributed by atoms with E-state index < -0.39 is 10.0 Å². The van der Waals surface area contributed by atoms with E-state index in [1.807, 2.05) is 24.4 Å². The van der Waals surface area contributed by atoms with Gasteiger partial charge in [-0.05, 0) is 48.1 Å². The van der Waals surface area contributed by atoms with Crippen LogP contribution < -0.4 is 9.62 Å². The molecule has 4 rings (SSSR count). The number of rotatable bonds is 6. The molecule has 2 aromatic carbocycles. The molecule has 1 saturated heterocycles. The lowest BCUT2D eigenvalue weighted by Gasteiger charge is -2.32. The van der Waals surface area contributed by atoms with Crippen LogP contribution in [0.25, 0.3) is 22.0 Å². The van der Waals surface area contributed by atoms with Crippen molar-refractivity contribution >= 4 is 26.7 Å². The quantitative estimate of drug-likeness (QED) is 0.674. The summed E-state index contributed by atoms with van der Waals surface area (Å²) < 4.78 is 25.0. The molecule has 0 bridgehead atoms. The molecule has 2 heterocycles. The SMILES string of the molecule is CS(=O)(=O)NCCC1CCN(c2nccc(-c3ccc4ccccc4c3)n2)CC1. The fourth-order valence-corrected chi connectivity index (χ4v) is 4.37. The van der Waals surface area contributed by atoms with Gasteiger partial charge in [0.2, 0.25) is 16.0 Å². The number of fused-ring (bicyclic) bond motifs is 1. The zero-order valence-corrected chi connectivity index (χ0v) is 17.4. The summed E-state index contributed by atoms with van der Waals surface area (Å²) in [6, 6.07) is 16.7. The zero-order valence-electron chi connectivity index (χ0n) is 16.6. The Morgan fingerprint density at radius 2 is 1.83 bits per heavy atom. The molecule has 0 unspecified atom stereocenters. The number of hydrogen-bond acceptors (Lipinski definition) is 5. The van der Waals surface area contributed by atoms with Gasteiger partial charge in [0.25, 0.3) is 0 Å². The first-order valence-corrected chi connectivity index (χ1v) is 11.9. The molecule has 1 fully saturated rings. The van der Waals surface area contributed by atoms with E-state index >= 15 is 0 Å². The Morgan fingerprint density at radius 3 is 2.59 bits per heavy atom. The van der Waals surface area contributed by atoms with Crippen molar-refractivity contribution in [1.82, 2.24) is 14.7 Å². The summed E-state index contributed by atoms with van der Waals surface area (Å²) in [5, 5.41) is 2.42. The Hall–Kier alpha value is -2.51. The summed E-state index contributed by atoms with van der Waals surface area (Å²) >= 11 is 0. The lowest BCUT2D eigenvalue weighted by atomic mass is 9.94. The maximum atomic E-state index is 11.2. The van der Waals surface area contributed by atoms with Gasteiger partial charge in [-0.15, -0.1) is 0 Å². The molecular weight excluding hydrogens is 384 g/mol. The number of anilines is 1. The van der Waals surface area contributed by atoms with Gasteiger partial charge in [0, 0.05) is 31.4 Å². The van der Waals surface area contributed by atoms with Crippen molar-refractivity contribution < 1.29 is 8.42 Å². The highest BCUT2D eigenvalue weighted by Gasteiger charge is 2.21. The highest BCUT2D eigenvalue weighted by atomic mass is 32.2. The van der Waals surface area contributed by atoms with Gasteiger partial charge >= 0.3 is 0 Å². The van der Waals surface area contributed by atoms with Crippen LogP contribution in [0.15, 0.2) is 54.7 Å². The molecule has 0 saturated carbocycles. The van der Waals surface area contributed by atoms with Crippen LogP contribution in [0.5, 0.6) is 0 Å². The van der Waals surface area contributed by atoms with Crippen molar-refractivity contribution in [3.63, 3.8) is 0 Å². The zero-order chi connectivity index (χ0) is 20.3. The second-order valence-electron chi connectivity index (χ2n) is 7.69. The summed E-state index contributed by atoms with van der Waals surface area (Å²) in [5.41, 5.74) is 2.02. The van der Waals surface area contributed by atoms with Gasteiger partial charge < -0.3 is 4.90 Å². The van der Waals surface area contributed by atoms with E-state index in [0.717, 1.165) is 49.6 Å². The van der Waals surface area contributed by atoms with E-state index in [-0.39, 0.29) is 0 Å². The average molecular weight is 411 g/mol. The molecule has 1 aromatic heterocycles. The molecule has 0 aliphatic carbocycles. The summed E-state index contributed by atoms with van der Waals surface area (Å²) in [6.45, 7) is 2.30. The van der Waals surface area contributed by atoms with Crippen molar-refractivity contribution in [2.24, 2.45) is 5.92 Å².